The Hall–Kier alpha value is -4.36. The Morgan fingerprint density at radius 2 is 1.89 bits per heavy atom. The first-order valence-electron chi connectivity index (χ1n) is 14.0. The van der Waals surface area contributed by atoms with Gasteiger partial charge in [0, 0.05) is 43.3 Å². The van der Waals surface area contributed by atoms with Gasteiger partial charge in [-0.05, 0) is 64.3 Å². The van der Waals surface area contributed by atoms with E-state index < -0.39 is 41.4 Å². The second-order valence-electron chi connectivity index (χ2n) is 10.9. The van der Waals surface area contributed by atoms with Crippen LogP contribution >= 0.6 is 0 Å². The Morgan fingerprint density at radius 1 is 1.16 bits per heavy atom. The van der Waals surface area contributed by atoms with Gasteiger partial charge in [0.05, 0.1) is 12.2 Å². The van der Waals surface area contributed by atoms with E-state index in [9.17, 15) is 27.6 Å². The molecule has 242 valence electrons. The highest BCUT2D eigenvalue weighted by atomic mass is 19.4. The molecule has 2 aromatic rings. The molecule has 1 atom stereocenters. The van der Waals surface area contributed by atoms with Gasteiger partial charge in [0.15, 0.2) is 0 Å². The monoisotopic (exact) mass is 625 g/mol. The molecule has 1 aromatic heterocycles. The minimum atomic E-state index is -4.83. The maximum absolute atomic E-state index is 15.0. The number of amides is 2. The van der Waals surface area contributed by atoms with E-state index in [1.807, 2.05) is 6.92 Å². The van der Waals surface area contributed by atoms with Gasteiger partial charge in [0.2, 0.25) is 5.91 Å². The zero-order valence-electron chi connectivity index (χ0n) is 25.4. The standard InChI is InChI=1S/C30H39F4N5O5/c1-6-7-13-36-39(19-21(2)27(41)35-18-22-9-8-10-25(16-22)43-30(32,33)34)20-23(31)11-14-38-15-12-24(17-26(38)40)37-28(42)44-29(3,4)5/h8-10,12-13,15-17,19,23H,6-7,11,14,18,20H2,1-5H3,(H,35,41)(H,37,42)/b21-19+,36-13+. The van der Waals surface area contributed by atoms with Crippen LogP contribution in [0.3, 0.4) is 0 Å². The number of carbonyl (C=O) groups excluding carboxylic acids is 2. The molecule has 0 saturated carbocycles. The molecule has 44 heavy (non-hydrogen) atoms. The van der Waals surface area contributed by atoms with Crippen molar-refractivity contribution in [3.63, 3.8) is 0 Å². The van der Waals surface area contributed by atoms with Crippen LogP contribution in [0.15, 0.2) is 64.3 Å². The minimum absolute atomic E-state index is 0.0338. The van der Waals surface area contributed by atoms with Crippen LogP contribution in [0, 0.1) is 0 Å². The van der Waals surface area contributed by atoms with E-state index in [2.05, 4.69) is 20.5 Å². The van der Waals surface area contributed by atoms with Gasteiger partial charge in [-0.3, -0.25) is 19.9 Å². The molecule has 1 aromatic carbocycles. The molecule has 2 N–H and O–H groups in total. The zero-order valence-corrected chi connectivity index (χ0v) is 25.4. The van der Waals surface area contributed by atoms with Crippen LogP contribution in [-0.4, -0.2) is 52.5 Å². The van der Waals surface area contributed by atoms with E-state index >= 15 is 4.39 Å². The summed E-state index contributed by atoms with van der Waals surface area (Å²) in [4.78, 5) is 37.1. The van der Waals surface area contributed by atoms with Crippen molar-refractivity contribution in [2.24, 2.45) is 5.10 Å². The number of hydrazone groups is 1. The molecule has 1 unspecified atom stereocenters. The van der Waals surface area contributed by atoms with Crippen molar-refractivity contribution < 1.29 is 36.6 Å². The van der Waals surface area contributed by atoms with Crippen LogP contribution < -0.4 is 20.9 Å². The predicted molar refractivity (Wildman–Crippen MR) is 159 cm³/mol. The smallest absolute Gasteiger partial charge is 0.444 e. The maximum atomic E-state index is 15.0. The molecule has 10 nitrogen and oxygen atoms in total. The van der Waals surface area contributed by atoms with E-state index in [4.69, 9.17) is 4.74 Å². The minimum Gasteiger partial charge on any atom is -0.444 e. The van der Waals surface area contributed by atoms with Crippen molar-refractivity contribution in [3.05, 3.63) is 70.3 Å². The Kier molecular flexibility index (Phi) is 13.4. The van der Waals surface area contributed by atoms with Crippen molar-refractivity contribution in [3.8, 4) is 5.75 Å². The normalized spacial score (nSPS) is 13.0. The quantitative estimate of drug-likeness (QED) is 0.113. The van der Waals surface area contributed by atoms with E-state index in [1.165, 1.54) is 53.2 Å². The number of pyridine rings is 1. The fourth-order valence-electron chi connectivity index (χ4n) is 3.65. The molecule has 14 heteroatoms. The molecule has 1 heterocycles. The Morgan fingerprint density at radius 3 is 2.52 bits per heavy atom. The van der Waals surface area contributed by atoms with Gasteiger partial charge in [-0.1, -0.05) is 25.5 Å². The first kappa shape index (κ1) is 35.8. The number of hydrogen-bond acceptors (Lipinski definition) is 7. The lowest BCUT2D eigenvalue weighted by atomic mass is 10.2. The number of anilines is 1. The van der Waals surface area contributed by atoms with Crippen LogP contribution in [0.2, 0.25) is 0 Å². The highest BCUT2D eigenvalue weighted by Crippen LogP contribution is 2.23. The van der Waals surface area contributed by atoms with Crippen molar-refractivity contribution in [1.29, 1.82) is 0 Å². The van der Waals surface area contributed by atoms with Gasteiger partial charge in [-0.25, -0.2) is 9.18 Å². The maximum Gasteiger partial charge on any atom is 0.573 e. The molecule has 0 aliphatic carbocycles. The first-order valence-corrected chi connectivity index (χ1v) is 14.0. The number of alkyl halides is 4. The van der Waals surface area contributed by atoms with Gasteiger partial charge < -0.3 is 19.4 Å². The van der Waals surface area contributed by atoms with Crippen LogP contribution in [-0.2, 0) is 22.6 Å². The Labute approximate surface area is 253 Å². The van der Waals surface area contributed by atoms with E-state index in [0.717, 1.165) is 18.6 Å². The van der Waals surface area contributed by atoms with Crippen LogP contribution in [0.4, 0.5) is 28.0 Å². The topological polar surface area (TPSA) is 114 Å². The summed E-state index contributed by atoms with van der Waals surface area (Å²) in [6, 6.07) is 7.94. The molecule has 2 rings (SSSR count). The lowest BCUT2D eigenvalue weighted by Crippen LogP contribution is -2.29. The van der Waals surface area contributed by atoms with E-state index in [-0.39, 0.29) is 37.3 Å². The van der Waals surface area contributed by atoms with Gasteiger partial charge >= 0.3 is 12.5 Å². The molecule has 0 aliphatic heterocycles. The third kappa shape index (κ3) is 14.2. The second-order valence-corrected chi connectivity index (χ2v) is 10.9. The lowest BCUT2D eigenvalue weighted by molar-refractivity contribution is -0.274. The van der Waals surface area contributed by atoms with Crippen LogP contribution in [0.5, 0.6) is 5.75 Å². The summed E-state index contributed by atoms with van der Waals surface area (Å²) >= 11 is 0. The first-order chi connectivity index (χ1) is 20.5. The third-order valence-electron chi connectivity index (χ3n) is 5.64. The SMILES string of the molecule is CCC/C=N/N(/C=C(\C)C(=O)NCc1cccc(OC(F)(F)F)c1)CC(F)CCn1ccc(NC(=O)OC(C)(C)C)cc1=O. The molecule has 2 amide bonds. The van der Waals surface area contributed by atoms with Crippen molar-refractivity contribution in [1.82, 2.24) is 14.9 Å². The Bertz CT molecular complexity index is 1370. The summed E-state index contributed by atoms with van der Waals surface area (Å²) in [7, 11) is 0. The fraction of sp³-hybridized carbons (Fsp3) is 0.467. The number of aryl methyl sites for hydroxylation is 1. The highest BCUT2D eigenvalue weighted by molar-refractivity contribution is 5.92. The summed E-state index contributed by atoms with van der Waals surface area (Å²) in [5, 5.41) is 10.6. The Balaban J connectivity index is 1.99. The predicted octanol–water partition coefficient (Wildman–Crippen LogP) is 6.13. The van der Waals surface area contributed by atoms with Gasteiger partial charge in [-0.15, -0.1) is 13.2 Å². The number of carbonyl (C=O) groups is 2. The number of aromatic nitrogens is 1. The molecule has 0 fully saturated rings. The number of rotatable bonds is 14. The molecule has 0 aliphatic rings. The number of halogens is 4. The molecule has 0 saturated heterocycles. The molecule has 0 spiro atoms. The average Bonchev–Trinajstić information content (AvgIpc) is 2.89. The van der Waals surface area contributed by atoms with Crippen LogP contribution in [0.1, 0.15) is 59.4 Å². The average molecular weight is 626 g/mol. The molecular formula is C30H39F4N5O5. The van der Waals surface area contributed by atoms with Gasteiger partial charge in [-0.2, -0.15) is 5.10 Å². The zero-order chi connectivity index (χ0) is 32.9. The largest absolute Gasteiger partial charge is 0.573 e. The molecule has 0 radical (unpaired) electrons. The van der Waals surface area contributed by atoms with Crippen molar-refractivity contribution in [2.45, 2.75) is 85.1 Å². The van der Waals surface area contributed by atoms with Gasteiger partial charge in [0.1, 0.15) is 17.5 Å². The van der Waals surface area contributed by atoms with Crippen LogP contribution in [0.25, 0.3) is 0 Å². The van der Waals surface area contributed by atoms with Crippen molar-refractivity contribution >= 4 is 23.9 Å². The summed E-state index contributed by atoms with van der Waals surface area (Å²) < 4.78 is 62.9. The number of benzene rings is 1. The number of hydrogen-bond donors (Lipinski definition) is 2. The molecular weight excluding hydrogens is 586 g/mol. The number of nitrogens with one attached hydrogen (secondary N) is 2. The number of unbranched alkanes of at least 4 members (excludes halogenated alkanes) is 1. The van der Waals surface area contributed by atoms with E-state index in [0.29, 0.717) is 12.0 Å². The number of nitrogens with zero attached hydrogens (tertiary/aromatic N) is 3. The fourth-order valence-corrected chi connectivity index (χ4v) is 3.65. The second kappa shape index (κ2) is 16.5. The summed E-state index contributed by atoms with van der Waals surface area (Å²) in [5.41, 5.74) is -0.316. The highest BCUT2D eigenvalue weighted by Gasteiger charge is 2.31. The lowest BCUT2D eigenvalue weighted by Gasteiger charge is -2.20. The third-order valence-corrected chi connectivity index (χ3v) is 5.64. The van der Waals surface area contributed by atoms with E-state index in [1.54, 1.807) is 27.0 Å². The summed E-state index contributed by atoms with van der Waals surface area (Å²) in [5.74, 6) is -0.928. The summed E-state index contributed by atoms with van der Waals surface area (Å²) in [6.45, 7) is 8.38. The van der Waals surface area contributed by atoms with Gasteiger partial charge in [0.25, 0.3) is 5.56 Å². The van der Waals surface area contributed by atoms with Crippen molar-refractivity contribution in [2.75, 3.05) is 11.9 Å². The molecule has 0 bridgehead atoms. The number of ether oxygens (including phenoxy) is 2. The summed E-state index contributed by atoms with van der Waals surface area (Å²) in [6.07, 6.45) is -1.15.